The summed E-state index contributed by atoms with van der Waals surface area (Å²) in [5, 5.41) is 3.48. The van der Waals surface area contributed by atoms with E-state index < -0.39 is 0 Å². The number of nitrogens with zero attached hydrogens (tertiary/aromatic N) is 1. The van der Waals surface area contributed by atoms with E-state index in [-0.39, 0.29) is 16.9 Å². The van der Waals surface area contributed by atoms with Crippen molar-refractivity contribution in [2.24, 2.45) is 0 Å². The number of hydrogen-bond donors (Lipinski definition) is 1. The van der Waals surface area contributed by atoms with Gasteiger partial charge in [-0.05, 0) is 31.2 Å². The molecule has 1 N–H and O–H groups in total. The van der Waals surface area contributed by atoms with E-state index in [1.54, 1.807) is 6.07 Å². The molecule has 1 atom stereocenters. The molecule has 0 aliphatic carbocycles. The molecule has 94 valence electrons. The third kappa shape index (κ3) is 2.62. The fourth-order valence-corrected chi connectivity index (χ4v) is 2.51. The van der Waals surface area contributed by atoms with Crippen LogP contribution in [0.5, 0.6) is 0 Å². The van der Waals surface area contributed by atoms with Crippen molar-refractivity contribution in [2.45, 2.75) is 25.9 Å². The molecule has 1 aliphatic heterocycles. The number of hydrogen-bond acceptors (Lipinski definition) is 2. The lowest BCUT2D eigenvalue weighted by molar-refractivity contribution is 0.110. The number of nitrogens with one attached hydrogen (secondary N) is 1. The molecule has 0 amide bonds. The fourth-order valence-electron chi connectivity index (χ4n) is 2.32. The molecular weight excluding hydrogens is 239 g/mol. The maximum absolute atomic E-state index is 13.1. The Morgan fingerprint density at radius 3 is 2.71 bits per heavy atom. The van der Waals surface area contributed by atoms with Crippen LogP contribution in [0.15, 0.2) is 18.2 Å². The van der Waals surface area contributed by atoms with E-state index >= 15 is 0 Å². The maximum atomic E-state index is 13.1. The first-order valence-electron chi connectivity index (χ1n) is 6.05. The average Bonchev–Trinajstić information content (AvgIpc) is 2.26. The number of halogens is 2. The summed E-state index contributed by atoms with van der Waals surface area (Å²) >= 11 is 5.83. The lowest BCUT2D eigenvalue weighted by Crippen LogP contribution is -2.57. The SMILES string of the molecule is CCN(C1CNC1)C(C)c1ccc(F)c(Cl)c1. The Kier molecular flexibility index (Phi) is 4.02. The van der Waals surface area contributed by atoms with E-state index in [1.807, 2.05) is 6.07 Å². The summed E-state index contributed by atoms with van der Waals surface area (Å²) in [7, 11) is 0. The van der Waals surface area contributed by atoms with E-state index in [0.717, 1.165) is 25.2 Å². The van der Waals surface area contributed by atoms with E-state index in [4.69, 9.17) is 11.6 Å². The smallest absolute Gasteiger partial charge is 0.141 e. The highest BCUT2D eigenvalue weighted by atomic mass is 35.5. The molecule has 1 unspecified atom stereocenters. The van der Waals surface area contributed by atoms with Crippen molar-refractivity contribution < 1.29 is 4.39 Å². The number of likely N-dealkylation sites (N-methyl/N-ethyl adjacent to an activating group) is 1. The summed E-state index contributed by atoms with van der Waals surface area (Å²) < 4.78 is 13.1. The summed E-state index contributed by atoms with van der Waals surface area (Å²) in [5.41, 5.74) is 1.07. The van der Waals surface area contributed by atoms with Gasteiger partial charge in [-0.15, -0.1) is 0 Å². The molecule has 1 aromatic carbocycles. The van der Waals surface area contributed by atoms with Crippen LogP contribution in [0, 0.1) is 5.82 Å². The first-order valence-corrected chi connectivity index (χ1v) is 6.42. The molecule has 1 heterocycles. The van der Waals surface area contributed by atoms with E-state index in [0.29, 0.717) is 6.04 Å². The van der Waals surface area contributed by atoms with Crippen LogP contribution in [0.3, 0.4) is 0 Å². The fraction of sp³-hybridized carbons (Fsp3) is 0.538. The highest BCUT2D eigenvalue weighted by Gasteiger charge is 2.27. The standard InChI is InChI=1S/C13H18ClFN2/c1-3-17(11-7-16-8-11)9(2)10-4-5-13(15)12(14)6-10/h4-6,9,11,16H,3,7-8H2,1-2H3. The lowest BCUT2D eigenvalue weighted by Gasteiger charge is -2.41. The molecule has 2 nitrogen and oxygen atoms in total. The molecular formula is C13H18ClFN2. The average molecular weight is 257 g/mol. The normalized spacial score (nSPS) is 18.2. The summed E-state index contributed by atoms with van der Waals surface area (Å²) in [6, 6.07) is 5.85. The third-order valence-electron chi connectivity index (χ3n) is 3.52. The van der Waals surface area contributed by atoms with Gasteiger partial charge in [0, 0.05) is 25.2 Å². The Morgan fingerprint density at radius 2 is 2.24 bits per heavy atom. The second-order valence-electron chi connectivity index (χ2n) is 4.49. The van der Waals surface area contributed by atoms with Gasteiger partial charge in [0.05, 0.1) is 5.02 Å². The summed E-state index contributed by atoms with van der Waals surface area (Å²) in [6.45, 7) is 7.36. The van der Waals surface area contributed by atoms with E-state index in [9.17, 15) is 4.39 Å². The first kappa shape index (κ1) is 12.8. The Bertz CT molecular complexity index is 393. The van der Waals surface area contributed by atoms with E-state index in [2.05, 4.69) is 24.1 Å². The van der Waals surface area contributed by atoms with Gasteiger partial charge >= 0.3 is 0 Å². The van der Waals surface area contributed by atoms with Gasteiger partial charge < -0.3 is 5.32 Å². The summed E-state index contributed by atoms with van der Waals surface area (Å²) in [6.07, 6.45) is 0. The minimum Gasteiger partial charge on any atom is -0.314 e. The first-order chi connectivity index (χ1) is 8.13. The van der Waals surface area contributed by atoms with Gasteiger partial charge in [-0.25, -0.2) is 4.39 Å². The van der Waals surface area contributed by atoms with Gasteiger partial charge in [0.1, 0.15) is 5.82 Å². The predicted octanol–water partition coefficient (Wildman–Crippen LogP) is 2.83. The summed E-state index contributed by atoms with van der Waals surface area (Å²) in [4.78, 5) is 2.42. The van der Waals surface area contributed by atoms with Crippen molar-refractivity contribution in [1.29, 1.82) is 0 Å². The highest BCUT2D eigenvalue weighted by molar-refractivity contribution is 6.30. The second-order valence-corrected chi connectivity index (χ2v) is 4.90. The summed E-state index contributed by atoms with van der Waals surface area (Å²) in [5.74, 6) is -0.351. The van der Waals surface area contributed by atoms with Crippen LogP contribution in [0.1, 0.15) is 25.5 Å². The van der Waals surface area contributed by atoms with Crippen molar-refractivity contribution in [1.82, 2.24) is 10.2 Å². The molecule has 4 heteroatoms. The van der Waals surface area contributed by atoms with Crippen LogP contribution in [-0.2, 0) is 0 Å². The third-order valence-corrected chi connectivity index (χ3v) is 3.81. The Hall–Kier alpha value is -0.640. The number of rotatable bonds is 4. The van der Waals surface area contributed by atoms with Crippen LogP contribution in [0.4, 0.5) is 4.39 Å². The molecule has 0 saturated carbocycles. The van der Waals surface area contributed by atoms with Crippen molar-refractivity contribution in [3.63, 3.8) is 0 Å². The van der Waals surface area contributed by atoms with E-state index in [1.165, 1.54) is 6.07 Å². The van der Waals surface area contributed by atoms with Crippen molar-refractivity contribution in [2.75, 3.05) is 19.6 Å². The predicted molar refractivity (Wildman–Crippen MR) is 68.9 cm³/mol. The van der Waals surface area contributed by atoms with Gasteiger partial charge in [0.2, 0.25) is 0 Å². The van der Waals surface area contributed by atoms with Crippen LogP contribution in [-0.4, -0.2) is 30.6 Å². The van der Waals surface area contributed by atoms with Crippen LogP contribution >= 0.6 is 11.6 Å². The Morgan fingerprint density at radius 1 is 1.53 bits per heavy atom. The molecule has 0 aromatic heterocycles. The monoisotopic (exact) mass is 256 g/mol. The molecule has 0 bridgehead atoms. The van der Waals surface area contributed by atoms with Crippen molar-refractivity contribution in [3.8, 4) is 0 Å². The Balaban J connectivity index is 2.16. The molecule has 1 aromatic rings. The van der Waals surface area contributed by atoms with Crippen molar-refractivity contribution in [3.05, 3.63) is 34.6 Å². The molecule has 1 saturated heterocycles. The minimum atomic E-state index is -0.351. The zero-order valence-electron chi connectivity index (χ0n) is 10.2. The van der Waals surface area contributed by atoms with Gasteiger partial charge in [-0.2, -0.15) is 0 Å². The quantitative estimate of drug-likeness (QED) is 0.891. The van der Waals surface area contributed by atoms with Gasteiger partial charge in [-0.3, -0.25) is 4.90 Å². The molecule has 0 radical (unpaired) electrons. The zero-order valence-corrected chi connectivity index (χ0v) is 11.0. The van der Waals surface area contributed by atoms with Gasteiger partial charge in [0.25, 0.3) is 0 Å². The number of benzene rings is 1. The van der Waals surface area contributed by atoms with Crippen LogP contribution in [0.2, 0.25) is 5.02 Å². The molecule has 1 fully saturated rings. The van der Waals surface area contributed by atoms with Crippen LogP contribution < -0.4 is 5.32 Å². The van der Waals surface area contributed by atoms with Crippen LogP contribution in [0.25, 0.3) is 0 Å². The topological polar surface area (TPSA) is 15.3 Å². The highest BCUT2D eigenvalue weighted by Crippen LogP contribution is 2.26. The zero-order chi connectivity index (χ0) is 12.4. The molecule has 2 rings (SSSR count). The van der Waals surface area contributed by atoms with Crippen molar-refractivity contribution >= 4 is 11.6 Å². The Labute approximate surface area is 107 Å². The molecule has 17 heavy (non-hydrogen) atoms. The second kappa shape index (κ2) is 5.34. The largest absolute Gasteiger partial charge is 0.314 e. The molecule has 0 spiro atoms. The minimum absolute atomic E-state index is 0.206. The molecule has 1 aliphatic rings. The van der Waals surface area contributed by atoms with Gasteiger partial charge in [0.15, 0.2) is 0 Å². The maximum Gasteiger partial charge on any atom is 0.141 e. The lowest BCUT2D eigenvalue weighted by atomic mass is 10.0. The van der Waals surface area contributed by atoms with Gasteiger partial charge in [-0.1, -0.05) is 24.6 Å².